The minimum atomic E-state index is -3.42. The van der Waals surface area contributed by atoms with E-state index in [-0.39, 0.29) is 11.7 Å². The summed E-state index contributed by atoms with van der Waals surface area (Å²) in [7, 11) is -2.08. The van der Waals surface area contributed by atoms with Crippen molar-refractivity contribution < 1.29 is 27.1 Å². The van der Waals surface area contributed by atoms with Gasteiger partial charge in [-0.25, -0.2) is 21.9 Å². The van der Waals surface area contributed by atoms with Gasteiger partial charge in [0.25, 0.3) is 0 Å². The molecule has 0 aliphatic carbocycles. The minimum absolute atomic E-state index is 0.173. The first-order chi connectivity index (χ1) is 21.2. The van der Waals surface area contributed by atoms with Crippen molar-refractivity contribution in [3.8, 4) is 22.6 Å². The van der Waals surface area contributed by atoms with Crippen LogP contribution in [-0.2, 0) is 21.4 Å². The van der Waals surface area contributed by atoms with Crippen molar-refractivity contribution >= 4 is 26.9 Å². The van der Waals surface area contributed by atoms with Gasteiger partial charge in [0.2, 0.25) is 10.0 Å². The fourth-order valence-corrected chi connectivity index (χ4v) is 7.00. The molecule has 1 fully saturated rings. The van der Waals surface area contributed by atoms with Gasteiger partial charge in [0, 0.05) is 36.0 Å². The summed E-state index contributed by atoms with van der Waals surface area (Å²) in [5, 5.41) is 0.852. The van der Waals surface area contributed by atoms with Gasteiger partial charge >= 0.3 is 5.97 Å². The number of piperidine rings is 1. The molecule has 44 heavy (non-hydrogen) atoms. The van der Waals surface area contributed by atoms with Crippen molar-refractivity contribution in [3.05, 3.63) is 120 Å². The van der Waals surface area contributed by atoms with E-state index >= 15 is 0 Å². The van der Waals surface area contributed by atoms with E-state index in [1.807, 2.05) is 60.7 Å². The van der Waals surface area contributed by atoms with Crippen LogP contribution in [0.25, 0.3) is 27.7 Å². The summed E-state index contributed by atoms with van der Waals surface area (Å²) in [6.45, 7) is 1.12. The number of fused-ring (bicyclic) bond motifs is 1. The van der Waals surface area contributed by atoms with E-state index in [1.165, 1.54) is 29.8 Å². The topological polar surface area (TPSA) is 77.8 Å². The normalized spacial score (nSPS) is 15.8. The number of ether oxygens (including phenoxy) is 2. The number of carbonyl (C=O) groups excluding carboxylic acids is 1. The lowest BCUT2D eigenvalue weighted by Crippen LogP contribution is -2.39. The molecule has 1 aliphatic rings. The Balaban J connectivity index is 1.63. The Morgan fingerprint density at radius 1 is 0.932 bits per heavy atom. The van der Waals surface area contributed by atoms with Gasteiger partial charge in [-0.15, -0.1) is 0 Å². The van der Waals surface area contributed by atoms with E-state index in [9.17, 15) is 17.6 Å². The first-order valence-electron chi connectivity index (χ1n) is 14.5. The van der Waals surface area contributed by atoms with Crippen LogP contribution in [-0.4, -0.2) is 49.7 Å². The number of aromatic nitrogens is 1. The second-order valence-electron chi connectivity index (χ2n) is 11.0. The van der Waals surface area contributed by atoms with Crippen LogP contribution in [0.15, 0.2) is 97.1 Å². The Morgan fingerprint density at radius 3 is 2.34 bits per heavy atom. The smallest absolute Gasteiger partial charge is 0.337 e. The van der Waals surface area contributed by atoms with E-state index in [4.69, 9.17) is 9.47 Å². The average Bonchev–Trinajstić information content (AvgIpc) is 3.40. The minimum Gasteiger partial charge on any atom is -0.488 e. The molecule has 0 radical (unpaired) electrons. The number of benzene rings is 4. The number of esters is 1. The van der Waals surface area contributed by atoms with E-state index in [0.717, 1.165) is 45.4 Å². The molecule has 0 bridgehead atoms. The molecule has 9 heteroatoms. The molecule has 7 nitrogen and oxygen atoms in total. The summed E-state index contributed by atoms with van der Waals surface area (Å²) >= 11 is 0. The maximum Gasteiger partial charge on any atom is 0.337 e. The van der Waals surface area contributed by atoms with Gasteiger partial charge in [-0.2, -0.15) is 0 Å². The molecule has 1 unspecified atom stereocenters. The van der Waals surface area contributed by atoms with Gasteiger partial charge < -0.3 is 14.0 Å². The van der Waals surface area contributed by atoms with Gasteiger partial charge in [-0.3, -0.25) is 0 Å². The number of nitrogens with zero attached hydrogens (tertiary/aromatic N) is 2. The monoisotopic (exact) mass is 612 g/mol. The molecule has 0 saturated carbocycles. The van der Waals surface area contributed by atoms with Crippen molar-refractivity contribution in [3.63, 3.8) is 0 Å². The fourth-order valence-electron chi connectivity index (χ4n) is 6.09. The highest BCUT2D eigenvalue weighted by Crippen LogP contribution is 2.46. The van der Waals surface area contributed by atoms with E-state index in [0.29, 0.717) is 37.4 Å². The highest BCUT2D eigenvalue weighted by molar-refractivity contribution is 7.88. The number of methoxy groups -OCH3 is 1. The third-order valence-electron chi connectivity index (χ3n) is 8.15. The first kappa shape index (κ1) is 29.6. The third kappa shape index (κ3) is 5.85. The fraction of sp³-hybridized carbons (Fsp3) is 0.229. The van der Waals surface area contributed by atoms with E-state index in [1.54, 1.807) is 24.3 Å². The van der Waals surface area contributed by atoms with Crippen LogP contribution in [0.3, 0.4) is 0 Å². The highest BCUT2D eigenvalue weighted by atomic mass is 32.2. The molecule has 0 spiro atoms. The third-order valence-corrected chi connectivity index (χ3v) is 9.42. The maximum absolute atomic E-state index is 14.1. The molecule has 5 aromatic rings. The van der Waals surface area contributed by atoms with Crippen LogP contribution in [0, 0.1) is 5.82 Å². The summed E-state index contributed by atoms with van der Waals surface area (Å²) in [6, 6.07) is 29.3. The Labute approximate surface area is 256 Å². The van der Waals surface area contributed by atoms with Crippen LogP contribution < -0.4 is 4.74 Å². The summed E-state index contributed by atoms with van der Waals surface area (Å²) in [6.07, 6.45) is 2.70. The molecule has 1 atom stereocenters. The summed E-state index contributed by atoms with van der Waals surface area (Å²) in [4.78, 5) is 12.3. The molecule has 1 saturated heterocycles. The van der Waals surface area contributed by atoms with Gasteiger partial charge in [-0.1, -0.05) is 48.5 Å². The summed E-state index contributed by atoms with van der Waals surface area (Å²) in [5.74, 6) is -0.295. The van der Waals surface area contributed by atoms with Crippen molar-refractivity contribution in [2.24, 2.45) is 0 Å². The second kappa shape index (κ2) is 12.3. The van der Waals surface area contributed by atoms with Gasteiger partial charge in [-0.05, 0) is 72.5 Å². The van der Waals surface area contributed by atoms with Crippen LogP contribution in [0.5, 0.6) is 5.75 Å². The van der Waals surface area contributed by atoms with Crippen LogP contribution in [0.1, 0.15) is 40.4 Å². The highest BCUT2D eigenvalue weighted by Gasteiger charge is 2.33. The molecule has 226 valence electrons. The zero-order chi connectivity index (χ0) is 30.8. The number of halogens is 1. The quantitative estimate of drug-likeness (QED) is 0.178. The van der Waals surface area contributed by atoms with Crippen molar-refractivity contribution in [2.45, 2.75) is 25.4 Å². The number of hydrogen-bond donors (Lipinski definition) is 0. The SMILES string of the molecule is COC(=O)c1ccc(-c2c(C3CCCN(S(C)(=O)=O)C3)n(-c3ccc(F)cc3)c3cccc(OCc4ccccc4)c23)cc1. The Morgan fingerprint density at radius 2 is 1.66 bits per heavy atom. The number of rotatable bonds is 8. The number of carbonyl (C=O) groups is 1. The maximum atomic E-state index is 14.1. The molecule has 2 heterocycles. The molecular formula is C35H33FN2O5S. The summed E-state index contributed by atoms with van der Waals surface area (Å²) < 4.78 is 54.6. The number of hydrogen-bond acceptors (Lipinski definition) is 5. The Kier molecular flexibility index (Phi) is 8.25. The van der Waals surface area contributed by atoms with Crippen LogP contribution >= 0.6 is 0 Å². The average molecular weight is 613 g/mol. The van der Waals surface area contributed by atoms with Gasteiger partial charge in [0.15, 0.2) is 0 Å². The van der Waals surface area contributed by atoms with E-state index in [2.05, 4.69) is 4.57 Å². The molecule has 4 aromatic carbocycles. The lowest BCUT2D eigenvalue weighted by Gasteiger charge is -2.32. The van der Waals surface area contributed by atoms with Crippen molar-refractivity contribution in [2.75, 3.05) is 26.5 Å². The molecule has 1 aromatic heterocycles. The molecule has 0 amide bonds. The Bertz CT molecular complexity index is 1900. The lowest BCUT2D eigenvalue weighted by atomic mass is 9.89. The molecule has 0 N–H and O–H groups in total. The largest absolute Gasteiger partial charge is 0.488 e. The van der Waals surface area contributed by atoms with Crippen LogP contribution in [0.2, 0.25) is 0 Å². The van der Waals surface area contributed by atoms with Gasteiger partial charge in [0.05, 0.1) is 29.8 Å². The zero-order valence-corrected chi connectivity index (χ0v) is 25.4. The Hall–Kier alpha value is -4.47. The first-order valence-corrected chi connectivity index (χ1v) is 16.3. The molecule has 1 aliphatic heterocycles. The van der Waals surface area contributed by atoms with Crippen molar-refractivity contribution in [1.29, 1.82) is 0 Å². The lowest BCUT2D eigenvalue weighted by molar-refractivity contribution is 0.0600. The van der Waals surface area contributed by atoms with Crippen LogP contribution in [0.4, 0.5) is 4.39 Å². The molecular weight excluding hydrogens is 579 g/mol. The summed E-state index contributed by atoms with van der Waals surface area (Å²) in [5.41, 5.74) is 5.66. The van der Waals surface area contributed by atoms with Gasteiger partial charge in [0.1, 0.15) is 18.2 Å². The second-order valence-corrected chi connectivity index (χ2v) is 13.0. The predicted molar refractivity (Wildman–Crippen MR) is 169 cm³/mol. The predicted octanol–water partition coefficient (Wildman–Crippen LogP) is 6.94. The van der Waals surface area contributed by atoms with E-state index < -0.39 is 16.0 Å². The number of sulfonamides is 1. The molecule has 6 rings (SSSR count). The standard InChI is InChI=1S/C35H33FN2O5S/c1-42-35(39)26-15-13-25(14-16-26)32-33-30(11-6-12-31(33)43-23-24-8-4-3-5-9-24)38(29-19-17-28(36)18-20-29)34(32)27-10-7-21-37(22-27)44(2,40)41/h3-6,8-9,11-20,27H,7,10,21-23H2,1-2H3. The zero-order valence-electron chi connectivity index (χ0n) is 24.6. The van der Waals surface area contributed by atoms with Crippen molar-refractivity contribution in [1.82, 2.24) is 8.87 Å².